The van der Waals surface area contributed by atoms with Crippen LogP contribution in [0.2, 0.25) is 0 Å². The molecule has 4 atom stereocenters. The van der Waals surface area contributed by atoms with Crippen LogP contribution in [-0.4, -0.2) is 279 Å². The van der Waals surface area contributed by atoms with Crippen molar-refractivity contribution in [1.29, 1.82) is 0 Å². The standard InChI is InChI=1S/C36H65N3O12.C30H55N9O10/c1-30(40)28-50-26-24-49-23-21-38-34(43)29-51-27-25-48-22-20-37-32(41)19-18-31(36(46)47)39-33(42)16-14-12-10-8-6-4-2-3-5-7-9-11-13-15-17-35(44)45;1-33-6-8-46-10-12-49-20-29(44)36-7-9-47-11-13-48-19-28(43)35-5-3-2-4-24(27(42)17-38-25(18-40)30(32)45)37-16-26(41)23(31)14-22-15-34-21-39-22/h31H,2-29H2,1H3,(H,37,41)(H,38,43)(H,39,42)(H,44,45)(H,46,47);15,21,23-25,33,37-38,40H,2-14,16-20,31H2,1H3,(H2,32,45)(H,34,39)(H,35,43)(H,36,44)/t31-;23-,24-,25-/m00/s1. The van der Waals surface area contributed by atoms with Gasteiger partial charge in [-0.3, -0.25) is 53.3 Å². The summed E-state index contributed by atoms with van der Waals surface area (Å²) in [7, 11) is 1.83. The normalized spacial score (nSPS) is 12.3. The Morgan fingerprint density at radius 1 is 0.470 bits per heavy atom. The number of nitrogens with one attached hydrogen (secondary N) is 9. The summed E-state index contributed by atoms with van der Waals surface area (Å²) in [5, 5.41) is 49.2. The van der Waals surface area contributed by atoms with Crippen molar-refractivity contribution in [3.8, 4) is 0 Å². The van der Waals surface area contributed by atoms with Crippen molar-refractivity contribution in [1.82, 2.24) is 52.5 Å². The highest BCUT2D eigenvalue weighted by Gasteiger charge is 2.24. The number of aliphatic carboxylic acids is 2. The van der Waals surface area contributed by atoms with E-state index in [0.717, 1.165) is 45.1 Å². The van der Waals surface area contributed by atoms with Gasteiger partial charge in [-0.2, -0.15) is 0 Å². The number of likely N-dealkylation sites (N-methyl/N-ethyl adjacent to an activating group) is 1. The number of amides is 6. The second kappa shape index (κ2) is 67.0. The number of hydrogen-bond acceptors (Lipinski definition) is 25. The number of Topliss-reactive ketones (excluding diaryl/α,β-unsaturated/α-hetero) is 3. The first kappa shape index (κ1) is 93.5. The maximum absolute atomic E-state index is 12.9. The minimum Gasteiger partial charge on any atom is -0.481 e. The molecule has 34 heteroatoms. The molecule has 16 N–H and O–H groups in total. The lowest BCUT2D eigenvalue weighted by Gasteiger charge is -2.20. The lowest BCUT2D eigenvalue weighted by molar-refractivity contribution is -0.142. The number of carboxylic acid groups (broad SMARTS) is 2. The Morgan fingerprint density at radius 3 is 1.34 bits per heavy atom. The molecule has 0 unspecified atom stereocenters. The van der Waals surface area contributed by atoms with Crippen molar-refractivity contribution in [2.75, 3.05) is 165 Å². The van der Waals surface area contributed by atoms with Crippen LogP contribution in [0.25, 0.3) is 0 Å². The Morgan fingerprint density at radius 2 is 0.900 bits per heavy atom. The van der Waals surface area contributed by atoms with Crippen LogP contribution < -0.4 is 54.0 Å². The summed E-state index contributed by atoms with van der Waals surface area (Å²) in [6.45, 7) is 5.72. The van der Waals surface area contributed by atoms with Crippen LogP contribution in [0, 0.1) is 0 Å². The first-order chi connectivity index (χ1) is 48.3. The maximum Gasteiger partial charge on any atom is 0.326 e. The number of unbranched alkanes of at least 4 members (excludes halogenated alkanes) is 14. The summed E-state index contributed by atoms with van der Waals surface area (Å²) >= 11 is 0. The number of ketones is 3. The molecule has 0 aliphatic heterocycles. The molecule has 0 aliphatic rings. The number of hydrogen-bond donors (Lipinski definition) is 14. The summed E-state index contributed by atoms with van der Waals surface area (Å²) in [6, 6.07) is -3.76. The number of nitrogens with zero attached hydrogens (tertiary/aromatic N) is 1. The van der Waals surface area contributed by atoms with E-state index in [0.29, 0.717) is 90.7 Å². The number of ether oxygens (including phenoxy) is 8. The number of primary amides is 1. The average molecular weight is 1430 g/mol. The number of imidazole rings is 1. The smallest absolute Gasteiger partial charge is 0.326 e. The van der Waals surface area contributed by atoms with E-state index in [4.69, 9.17) is 54.5 Å². The van der Waals surface area contributed by atoms with Crippen molar-refractivity contribution in [2.24, 2.45) is 11.5 Å². The number of aromatic amines is 1. The number of rotatable bonds is 71. The van der Waals surface area contributed by atoms with Gasteiger partial charge in [0.1, 0.15) is 38.5 Å². The third kappa shape index (κ3) is 61.3. The van der Waals surface area contributed by atoms with E-state index in [1.807, 2.05) is 7.05 Å². The molecule has 0 fully saturated rings. The number of aliphatic hydroxyl groups excluding tert-OH is 1. The average Bonchev–Trinajstić information content (AvgIpc) is 1.33. The Labute approximate surface area is 588 Å². The quantitative estimate of drug-likeness (QED) is 0.0350. The predicted molar refractivity (Wildman–Crippen MR) is 368 cm³/mol. The molecule has 100 heavy (non-hydrogen) atoms. The summed E-state index contributed by atoms with van der Waals surface area (Å²) in [5.74, 6) is -4.90. The molecule has 0 aromatic carbocycles. The Balaban J connectivity index is 0.00000196. The summed E-state index contributed by atoms with van der Waals surface area (Å²) < 4.78 is 42.1. The number of aliphatic hydroxyl groups is 1. The van der Waals surface area contributed by atoms with Gasteiger partial charge >= 0.3 is 11.9 Å². The molecular weight excluding hydrogens is 1310 g/mol. The second-order valence-corrected chi connectivity index (χ2v) is 23.5. The van der Waals surface area contributed by atoms with Crippen LogP contribution in [0.15, 0.2) is 12.5 Å². The second-order valence-electron chi connectivity index (χ2n) is 23.5. The Kier molecular flexibility index (Phi) is 62.6. The van der Waals surface area contributed by atoms with Gasteiger partial charge in [0, 0.05) is 70.3 Å². The highest BCUT2D eigenvalue weighted by Crippen LogP contribution is 2.14. The number of carbonyl (C=O) groups is 11. The molecule has 1 heterocycles. The summed E-state index contributed by atoms with van der Waals surface area (Å²) in [5.41, 5.74) is 11.9. The number of H-pyrrole nitrogens is 1. The summed E-state index contributed by atoms with van der Waals surface area (Å²) in [4.78, 5) is 136. The highest BCUT2D eigenvalue weighted by atomic mass is 16.5. The molecule has 0 spiro atoms. The molecule has 1 aromatic rings. The van der Waals surface area contributed by atoms with E-state index in [1.54, 1.807) is 6.20 Å². The van der Waals surface area contributed by atoms with Crippen LogP contribution in [0.3, 0.4) is 0 Å². The SMILES string of the molecule is CC(=O)COCCOCCNC(=O)COCCOCCNC(=O)CC[C@H](NC(=O)CCCCCCCCCCCCCCCCC(=O)O)C(=O)O.CNCCOCCOCC(=O)NCCOCCOCC(=O)NCCCC[C@H](NCC(=O)[C@@H](N)Cc1cnc[nH]1)C(=O)CN[C@@H](CO)C(N)=O. The minimum absolute atomic E-state index is 0.0157. The van der Waals surface area contributed by atoms with Crippen molar-refractivity contribution < 1.29 is 106 Å². The minimum atomic E-state index is -1.18. The van der Waals surface area contributed by atoms with Gasteiger partial charge in [-0.1, -0.05) is 77.0 Å². The van der Waals surface area contributed by atoms with Gasteiger partial charge in [0.15, 0.2) is 17.3 Å². The molecule has 0 aliphatic carbocycles. The molecule has 0 saturated heterocycles. The monoisotopic (exact) mass is 1430 g/mol. The predicted octanol–water partition coefficient (Wildman–Crippen LogP) is -0.950. The molecule has 6 amide bonds. The van der Waals surface area contributed by atoms with E-state index >= 15 is 0 Å². The number of carbonyl (C=O) groups excluding carboxylic acids is 9. The topological polar surface area (TPSA) is 499 Å². The Bertz CT molecular complexity index is 2330. The van der Waals surface area contributed by atoms with Gasteiger partial charge in [0.05, 0.1) is 117 Å². The fourth-order valence-corrected chi connectivity index (χ4v) is 9.06. The summed E-state index contributed by atoms with van der Waals surface area (Å²) in [6.07, 6.45) is 20.3. The zero-order chi connectivity index (χ0) is 73.9. The lowest BCUT2D eigenvalue weighted by atomic mass is 10.0. The van der Waals surface area contributed by atoms with Gasteiger partial charge in [-0.05, 0) is 52.5 Å². The molecule has 0 radical (unpaired) electrons. The number of nitrogens with two attached hydrogens (primary N) is 2. The van der Waals surface area contributed by atoms with E-state index in [1.165, 1.54) is 58.2 Å². The van der Waals surface area contributed by atoms with Crippen LogP contribution in [0.4, 0.5) is 0 Å². The molecule has 0 bridgehead atoms. The van der Waals surface area contributed by atoms with Crippen molar-refractivity contribution in [3.63, 3.8) is 0 Å². The zero-order valence-corrected chi connectivity index (χ0v) is 59.2. The first-order valence-electron chi connectivity index (χ1n) is 35.0. The number of carboxylic acids is 2. The van der Waals surface area contributed by atoms with E-state index in [2.05, 4.69) is 52.5 Å². The van der Waals surface area contributed by atoms with Gasteiger partial charge < -0.3 is 107 Å². The molecule has 1 rings (SSSR count). The highest BCUT2D eigenvalue weighted by molar-refractivity contribution is 5.90. The van der Waals surface area contributed by atoms with Gasteiger partial charge in [0.2, 0.25) is 35.4 Å². The maximum atomic E-state index is 12.9. The fraction of sp³-hybridized carbons (Fsp3) is 0.788. The van der Waals surface area contributed by atoms with Crippen LogP contribution in [-0.2, 0) is 97.1 Å². The van der Waals surface area contributed by atoms with Crippen LogP contribution >= 0.6 is 0 Å². The third-order valence-electron chi connectivity index (χ3n) is 14.6. The first-order valence-corrected chi connectivity index (χ1v) is 35.0. The van der Waals surface area contributed by atoms with Gasteiger partial charge in [-0.15, -0.1) is 0 Å². The lowest BCUT2D eigenvalue weighted by Crippen LogP contribution is -2.50. The Hall–Kier alpha value is -6.54. The van der Waals surface area contributed by atoms with E-state index < -0.39 is 48.6 Å². The number of aromatic nitrogens is 2. The van der Waals surface area contributed by atoms with E-state index in [-0.39, 0.29) is 165 Å². The molecule has 0 saturated carbocycles. The largest absolute Gasteiger partial charge is 0.481 e. The van der Waals surface area contributed by atoms with Crippen molar-refractivity contribution >= 4 is 64.7 Å². The van der Waals surface area contributed by atoms with Crippen LogP contribution in [0.1, 0.15) is 147 Å². The molecule has 576 valence electrons. The molecular formula is C66H120N12O22. The molecule has 1 aromatic heterocycles. The van der Waals surface area contributed by atoms with E-state index in [9.17, 15) is 63.0 Å². The van der Waals surface area contributed by atoms with Gasteiger partial charge in [-0.25, -0.2) is 9.78 Å². The van der Waals surface area contributed by atoms with Crippen LogP contribution in [0.5, 0.6) is 0 Å². The van der Waals surface area contributed by atoms with Gasteiger partial charge in [0.25, 0.3) is 0 Å². The third-order valence-corrected chi connectivity index (χ3v) is 14.6. The van der Waals surface area contributed by atoms with Crippen molar-refractivity contribution in [2.45, 2.75) is 172 Å². The van der Waals surface area contributed by atoms with Crippen molar-refractivity contribution in [3.05, 3.63) is 18.2 Å². The molecule has 34 nitrogen and oxygen atoms in total. The zero-order valence-electron chi connectivity index (χ0n) is 59.2. The fourth-order valence-electron chi connectivity index (χ4n) is 9.06.